The number of nitrogens with one attached hydrogen (secondary N) is 1. The van der Waals surface area contributed by atoms with E-state index < -0.39 is 5.54 Å². The normalized spacial score (nSPS) is 21.5. The first-order valence-corrected chi connectivity index (χ1v) is 6.36. The lowest BCUT2D eigenvalue weighted by Crippen LogP contribution is -2.56. The van der Waals surface area contributed by atoms with Gasteiger partial charge in [0.25, 0.3) is 0 Å². The van der Waals surface area contributed by atoms with E-state index in [1.165, 1.54) is 7.11 Å². The molecule has 0 saturated carbocycles. The number of ether oxygens (including phenoxy) is 1. The SMILES string of the molecule is C=CCNC1(C(=O)OC)CCc2cc(O)ccc2C1. The van der Waals surface area contributed by atoms with E-state index in [1.54, 1.807) is 18.2 Å². The van der Waals surface area contributed by atoms with E-state index in [0.29, 0.717) is 19.4 Å². The van der Waals surface area contributed by atoms with Crippen LogP contribution in [0.2, 0.25) is 0 Å². The van der Waals surface area contributed by atoms with Crippen molar-refractivity contribution in [3.63, 3.8) is 0 Å². The summed E-state index contributed by atoms with van der Waals surface area (Å²) in [5, 5.41) is 12.7. The second-order valence-electron chi connectivity index (χ2n) is 4.87. The van der Waals surface area contributed by atoms with E-state index in [9.17, 15) is 9.90 Å². The third kappa shape index (κ3) is 2.63. The number of fused-ring (bicyclic) bond motifs is 1. The van der Waals surface area contributed by atoms with Crippen LogP contribution in [0.3, 0.4) is 0 Å². The van der Waals surface area contributed by atoms with Crippen LogP contribution in [0.15, 0.2) is 30.9 Å². The molecule has 1 aromatic rings. The minimum atomic E-state index is -0.688. The lowest BCUT2D eigenvalue weighted by atomic mass is 9.77. The van der Waals surface area contributed by atoms with E-state index in [0.717, 1.165) is 17.5 Å². The van der Waals surface area contributed by atoms with Gasteiger partial charge < -0.3 is 9.84 Å². The summed E-state index contributed by atoms with van der Waals surface area (Å²) in [5.41, 5.74) is 1.48. The number of hydrogen-bond donors (Lipinski definition) is 2. The number of benzene rings is 1. The number of esters is 1. The van der Waals surface area contributed by atoms with Crippen molar-refractivity contribution in [1.82, 2.24) is 5.32 Å². The number of carbonyl (C=O) groups excluding carboxylic acids is 1. The zero-order chi connectivity index (χ0) is 13.9. The number of aryl methyl sites for hydroxylation is 1. The van der Waals surface area contributed by atoms with Crippen molar-refractivity contribution < 1.29 is 14.6 Å². The number of carbonyl (C=O) groups is 1. The Morgan fingerprint density at radius 3 is 3.05 bits per heavy atom. The molecule has 0 fully saturated rings. The first kappa shape index (κ1) is 13.6. The lowest BCUT2D eigenvalue weighted by molar-refractivity contribution is -0.149. The molecular weight excluding hydrogens is 242 g/mol. The quantitative estimate of drug-likeness (QED) is 0.638. The Labute approximate surface area is 113 Å². The molecule has 2 rings (SSSR count). The Bertz CT molecular complexity index is 498. The fourth-order valence-electron chi connectivity index (χ4n) is 2.64. The summed E-state index contributed by atoms with van der Waals surface area (Å²) in [6, 6.07) is 5.29. The number of methoxy groups -OCH3 is 1. The standard InChI is InChI=1S/C15H19NO3/c1-3-8-16-15(14(18)19-2)7-6-11-9-13(17)5-4-12(11)10-15/h3-5,9,16-17H,1,6-8,10H2,2H3. The van der Waals surface area contributed by atoms with Gasteiger partial charge in [-0.25, -0.2) is 0 Å². The van der Waals surface area contributed by atoms with Gasteiger partial charge in [0.15, 0.2) is 0 Å². The van der Waals surface area contributed by atoms with Gasteiger partial charge in [-0.1, -0.05) is 12.1 Å². The van der Waals surface area contributed by atoms with E-state index in [1.807, 2.05) is 6.07 Å². The third-order valence-corrected chi connectivity index (χ3v) is 3.66. The highest BCUT2D eigenvalue weighted by Gasteiger charge is 2.41. The molecule has 1 aliphatic rings. The van der Waals surface area contributed by atoms with Gasteiger partial charge in [0.2, 0.25) is 0 Å². The predicted octanol–water partition coefficient (Wildman–Crippen LogP) is 1.57. The van der Waals surface area contributed by atoms with Crippen LogP contribution in [-0.2, 0) is 22.4 Å². The first-order chi connectivity index (χ1) is 9.11. The molecule has 1 aliphatic carbocycles. The van der Waals surface area contributed by atoms with Crippen molar-refractivity contribution in [2.45, 2.75) is 24.8 Å². The molecule has 0 bridgehead atoms. The van der Waals surface area contributed by atoms with Crippen LogP contribution in [0, 0.1) is 0 Å². The Kier molecular flexibility index (Phi) is 3.90. The maximum absolute atomic E-state index is 12.1. The number of phenols is 1. The molecule has 1 aromatic carbocycles. The van der Waals surface area contributed by atoms with Crippen molar-refractivity contribution in [2.24, 2.45) is 0 Å². The fraction of sp³-hybridized carbons (Fsp3) is 0.400. The zero-order valence-corrected chi connectivity index (χ0v) is 11.1. The molecule has 0 heterocycles. The summed E-state index contributed by atoms with van der Waals surface area (Å²) in [5.74, 6) is 0.0245. The number of aromatic hydroxyl groups is 1. The van der Waals surface area contributed by atoms with E-state index in [-0.39, 0.29) is 11.7 Å². The van der Waals surface area contributed by atoms with Crippen LogP contribution in [0.1, 0.15) is 17.5 Å². The van der Waals surface area contributed by atoms with Gasteiger partial charge in [0.1, 0.15) is 11.3 Å². The molecule has 102 valence electrons. The van der Waals surface area contributed by atoms with Crippen LogP contribution in [0.5, 0.6) is 5.75 Å². The highest BCUT2D eigenvalue weighted by Crippen LogP contribution is 2.31. The summed E-state index contributed by atoms with van der Waals surface area (Å²) in [7, 11) is 1.41. The molecule has 0 aromatic heterocycles. The number of hydrogen-bond acceptors (Lipinski definition) is 4. The minimum Gasteiger partial charge on any atom is -0.508 e. The summed E-state index contributed by atoms with van der Waals surface area (Å²) in [4.78, 5) is 12.1. The van der Waals surface area contributed by atoms with Crippen LogP contribution in [0.25, 0.3) is 0 Å². The molecule has 1 atom stereocenters. The summed E-state index contributed by atoms with van der Waals surface area (Å²) < 4.78 is 4.94. The van der Waals surface area contributed by atoms with Crippen LogP contribution in [-0.4, -0.2) is 30.3 Å². The van der Waals surface area contributed by atoms with Gasteiger partial charge in [-0.2, -0.15) is 0 Å². The van der Waals surface area contributed by atoms with Crippen LogP contribution >= 0.6 is 0 Å². The smallest absolute Gasteiger partial charge is 0.326 e. The molecule has 0 aliphatic heterocycles. The van der Waals surface area contributed by atoms with Crippen LogP contribution < -0.4 is 5.32 Å². The van der Waals surface area contributed by atoms with Crippen molar-refractivity contribution >= 4 is 5.97 Å². The van der Waals surface area contributed by atoms with Gasteiger partial charge in [-0.15, -0.1) is 6.58 Å². The fourth-order valence-corrected chi connectivity index (χ4v) is 2.64. The average molecular weight is 261 g/mol. The topological polar surface area (TPSA) is 58.6 Å². The lowest BCUT2D eigenvalue weighted by Gasteiger charge is -2.36. The van der Waals surface area contributed by atoms with Crippen LogP contribution in [0.4, 0.5) is 0 Å². The second-order valence-corrected chi connectivity index (χ2v) is 4.87. The van der Waals surface area contributed by atoms with Crippen molar-refractivity contribution in [3.8, 4) is 5.75 Å². The second kappa shape index (κ2) is 5.45. The number of phenolic OH excluding ortho intramolecular Hbond substituents is 1. The first-order valence-electron chi connectivity index (χ1n) is 6.36. The Balaban J connectivity index is 2.30. The Morgan fingerprint density at radius 2 is 2.37 bits per heavy atom. The average Bonchev–Trinajstić information content (AvgIpc) is 2.44. The highest BCUT2D eigenvalue weighted by molar-refractivity contribution is 5.82. The van der Waals surface area contributed by atoms with Crippen molar-refractivity contribution in [3.05, 3.63) is 42.0 Å². The maximum Gasteiger partial charge on any atom is 0.326 e. The predicted molar refractivity (Wildman–Crippen MR) is 73.1 cm³/mol. The maximum atomic E-state index is 12.1. The van der Waals surface area contributed by atoms with E-state index in [2.05, 4.69) is 11.9 Å². The molecule has 19 heavy (non-hydrogen) atoms. The molecule has 4 nitrogen and oxygen atoms in total. The van der Waals surface area contributed by atoms with E-state index >= 15 is 0 Å². The monoisotopic (exact) mass is 261 g/mol. The largest absolute Gasteiger partial charge is 0.508 e. The van der Waals surface area contributed by atoms with E-state index in [4.69, 9.17) is 4.74 Å². The summed E-state index contributed by atoms with van der Waals surface area (Å²) in [6.07, 6.45) is 3.70. The third-order valence-electron chi connectivity index (χ3n) is 3.66. The Morgan fingerprint density at radius 1 is 1.58 bits per heavy atom. The molecule has 4 heteroatoms. The summed E-state index contributed by atoms with van der Waals surface area (Å²) in [6.45, 7) is 4.23. The van der Waals surface area contributed by atoms with Gasteiger partial charge in [0.05, 0.1) is 7.11 Å². The zero-order valence-electron chi connectivity index (χ0n) is 11.1. The molecule has 0 amide bonds. The highest BCUT2D eigenvalue weighted by atomic mass is 16.5. The molecule has 0 spiro atoms. The van der Waals surface area contributed by atoms with Crippen molar-refractivity contribution in [1.29, 1.82) is 0 Å². The summed E-state index contributed by atoms with van der Waals surface area (Å²) >= 11 is 0. The molecular formula is C15H19NO3. The Hall–Kier alpha value is -1.81. The molecule has 0 saturated heterocycles. The van der Waals surface area contributed by atoms with Gasteiger partial charge in [0, 0.05) is 13.0 Å². The molecule has 0 radical (unpaired) electrons. The van der Waals surface area contributed by atoms with Gasteiger partial charge >= 0.3 is 5.97 Å². The van der Waals surface area contributed by atoms with Gasteiger partial charge in [-0.3, -0.25) is 10.1 Å². The molecule has 1 unspecified atom stereocenters. The number of rotatable bonds is 4. The molecule has 2 N–H and O–H groups in total. The van der Waals surface area contributed by atoms with Crippen molar-refractivity contribution in [2.75, 3.05) is 13.7 Å². The minimum absolute atomic E-state index is 0.243. The van der Waals surface area contributed by atoms with Gasteiger partial charge in [-0.05, 0) is 36.1 Å².